The first-order chi connectivity index (χ1) is 5.61. The van der Waals surface area contributed by atoms with E-state index in [1.54, 1.807) is 0 Å². The molecule has 1 unspecified atom stereocenters. The molecule has 2 N–H and O–H groups in total. The molecule has 0 spiro atoms. The third-order valence-electron chi connectivity index (χ3n) is 1.11. The Hall–Kier alpha value is -0.520. The van der Waals surface area contributed by atoms with Crippen LogP contribution in [0.4, 0.5) is 0 Å². The second-order valence-corrected chi connectivity index (χ2v) is 2.64. The Morgan fingerprint density at radius 2 is 2.25 bits per heavy atom. The fourth-order valence-electron chi connectivity index (χ4n) is 0.510. The summed E-state index contributed by atoms with van der Waals surface area (Å²) in [7, 11) is 0. The van der Waals surface area contributed by atoms with Crippen LogP contribution in [0.25, 0.3) is 0 Å². The summed E-state index contributed by atoms with van der Waals surface area (Å²) in [6.07, 6.45) is -0.324. The maximum absolute atomic E-state index is 10.8. The molecule has 5 heteroatoms. The molecule has 0 aliphatic carbocycles. The van der Waals surface area contributed by atoms with Gasteiger partial charge in [-0.3, -0.25) is 4.79 Å². The number of carbonyl (C=O) groups excluding carboxylic acids is 1. The van der Waals surface area contributed by atoms with Crippen LogP contribution in [0.2, 0.25) is 0 Å². The average Bonchev–Trinajstić information content (AvgIpc) is 2.03. The maximum Gasteiger partial charge on any atom is 0.311 e. The van der Waals surface area contributed by atoms with Crippen LogP contribution < -0.4 is 0 Å². The number of aliphatic hydroxyl groups is 2. The third-order valence-corrected chi connectivity index (χ3v) is 1.47. The van der Waals surface area contributed by atoms with Gasteiger partial charge in [-0.05, 0) is 18.6 Å². The van der Waals surface area contributed by atoms with Gasteiger partial charge in [0.25, 0.3) is 0 Å². The second kappa shape index (κ2) is 6.05. The minimum absolute atomic E-state index is 0.262. The van der Waals surface area contributed by atoms with Gasteiger partial charge in [-0.1, -0.05) is 6.92 Å². The van der Waals surface area contributed by atoms with Gasteiger partial charge in [-0.15, -0.1) is 0 Å². The lowest BCUT2D eigenvalue weighted by Crippen LogP contribution is -2.27. The Balaban J connectivity index is 3.76. The standard InChI is InChI=1S/C7H12O4S/c1-2-3-6(10)11-7(12)5(9)4-8/h5,8-9H,2-4H2,1H3. The number of rotatable bonds is 4. The highest BCUT2D eigenvalue weighted by molar-refractivity contribution is 7.80. The van der Waals surface area contributed by atoms with Crippen molar-refractivity contribution in [2.45, 2.75) is 25.9 Å². The van der Waals surface area contributed by atoms with Crippen molar-refractivity contribution in [3.8, 4) is 0 Å². The van der Waals surface area contributed by atoms with Gasteiger partial charge in [0.15, 0.2) is 0 Å². The van der Waals surface area contributed by atoms with Crippen molar-refractivity contribution >= 4 is 23.2 Å². The lowest BCUT2D eigenvalue weighted by Gasteiger charge is -2.08. The van der Waals surface area contributed by atoms with Crippen LogP contribution in [0.5, 0.6) is 0 Å². The highest BCUT2D eigenvalue weighted by Crippen LogP contribution is 1.96. The van der Waals surface area contributed by atoms with E-state index in [1.807, 2.05) is 6.92 Å². The summed E-state index contributed by atoms with van der Waals surface area (Å²) in [5.74, 6) is -0.477. The SMILES string of the molecule is CCCC(=O)OC(=S)C(O)CO. The number of hydrogen-bond acceptors (Lipinski definition) is 5. The second-order valence-electron chi connectivity index (χ2n) is 2.24. The third kappa shape index (κ3) is 4.38. The number of aliphatic hydroxyl groups excluding tert-OH is 2. The molecule has 1 atom stereocenters. The predicted molar refractivity (Wildman–Crippen MR) is 46.7 cm³/mol. The smallest absolute Gasteiger partial charge is 0.311 e. The monoisotopic (exact) mass is 192 g/mol. The summed E-state index contributed by atoms with van der Waals surface area (Å²) in [5, 5.41) is 17.0. The van der Waals surface area contributed by atoms with Gasteiger partial charge in [0, 0.05) is 6.42 Å². The molecular weight excluding hydrogens is 180 g/mol. The molecule has 0 heterocycles. The summed E-state index contributed by atoms with van der Waals surface area (Å²) in [6.45, 7) is 1.30. The molecule has 0 radical (unpaired) electrons. The minimum atomic E-state index is -1.25. The van der Waals surface area contributed by atoms with Gasteiger partial charge in [-0.25, -0.2) is 0 Å². The largest absolute Gasteiger partial charge is 0.416 e. The number of hydrogen-bond donors (Lipinski definition) is 2. The molecule has 0 aliphatic rings. The fraction of sp³-hybridized carbons (Fsp3) is 0.714. The number of carbonyl (C=O) groups is 1. The van der Waals surface area contributed by atoms with Crippen LogP contribution in [0.3, 0.4) is 0 Å². The van der Waals surface area contributed by atoms with Crippen molar-refractivity contribution in [1.29, 1.82) is 0 Å². The van der Waals surface area contributed by atoms with E-state index in [9.17, 15) is 4.79 Å². The normalized spacial score (nSPS) is 12.2. The first-order valence-electron chi connectivity index (χ1n) is 3.65. The fourth-order valence-corrected chi connectivity index (χ4v) is 0.677. The molecule has 0 aromatic heterocycles. The summed E-state index contributed by atoms with van der Waals surface area (Å²) >= 11 is 4.51. The summed E-state index contributed by atoms with van der Waals surface area (Å²) in [5.41, 5.74) is 0. The van der Waals surface area contributed by atoms with Crippen molar-refractivity contribution in [2.24, 2.45) is 0 Å². The topological polar surface area (TPSA) is 66.8 Å². The lowest BCUT2D eigenvalue weighted by molar-refractivity contribution is -0.136. The van der Waals surface area contributed by atoms with Gasteiger partial charge in [0.2, 0.25) is 5.05 Å². The molecule has 0 saturated carbocycles. The van der Waals surface area contributed by atoms with Gasteiger partial charge in [0.1, 0.15) is 6.10 Å². The molecule has 0 fully saturated rings. The molecule has 70 valence electrons. The van der Waals surface area contributed by atoms with E-state index in [2.05, 4.69) is 17.0 Å². The van der Waals surface area contributed by atoms with Crippen LogP contribution in [-0.4, -0.2) is 33.9 Å². The molecule has 0 aliphatic heterocycles. The Morgan fingerprint density at radius 3 is 2.67 bits per heavy atom. The van der Waals surface area contributed by atoms with E-state index in [4.69, 9.17) is 10.2 Å². The Labute approximate surface area is 76.2 Å². The number of ether oxygens (including phenoxy) is 1. The van der Waals surface area contributed by atoms with E-state index in [0.29, 0.717) is 6.42 Å². The molecule has 12 heavy (non-hydrogen) atoms. The first kappa shape index (κ1) is 11.5. The molecular formula is C7H12O4S. The quantitative estimate of drug-likeness (QED) is 0.485. The molecule has 0 aromatic carbocycles. The molecule has 0 bridgehead atoms. The van der Waals surface area contributed by atoms with Gasteiger partial charge >= 0.3 is 5.97 Å². The van der Waals surface area contributed by atoms with E-state index < -0.39 is 18.7 Å². The lowest BCUT2D eigenvalue weighted by atomic mass is 10.3. The molecule has 0 saturated heterocycles. The van der Waals surface area contributed by atoms with Gasteiger partial charge < -0.3 is 14.9 Å². The Kier molecular flexibility index (Phi) is 5.79. The summed E-state index contributed by atoms with van der Waals surface area (Å²) in [4.78, 5) is 10.8. The van der Waals surface area contributed by atoms with E-state index in [0.717, 1.165) is 0 Å². The predicted octanol–water partition coefficient (Wildman–Crippen LogP) is 0.0103. The minimum Gasteiger partial charge on any atom is -0.416 e. The van der Waals surface area contributed by atoms with Crippen molar-refractivity contribution in [1.82, 2.24) is 0 Å². The van der Waals surface area contributed by atoms with E-state index in [1.165, 1.54) is 0 Å². The van der Waals surface area contributed by atoms with Crippen LogP contribution in [0.1, 0.15) is 19.8 Å². The van der Waals surface area contributed by atoms with Crippen LogP contribution in [-0.2, 0) is 9.53 Å². The van der Waals surface area contributed by atoms with Crippen molar-refractivity contribution in [2.75, 3.05) is 6.61 Å². The molecule has 0 amide bonds. The summed E-state index contributed by atoms with van der Waals surface area (Å²) in [6, 6.07) is 0. The highest BCUT2D eigenvalue weighted by Gasteiger charge is 2.13. The molecule has 0 rings (SSSR count). The van der Waals surface area contributed by atoms with E-state index in [-0.39, 0.29) is 11.5 Å². The van der Waals surface area contributed by atoms with Crippen LogP contribution >= 0.6 is 12.2 Å². The number of esters is 1. The van der Waals surface area contributed by atoms with Crippen molar-refractivity contribution in [3.63, 3.8) is 0 Å². The van der Waals surface area contributed by atoms with Crippen LogP contribution in [0.15, 0.2) is 0 Å². The number of thiocarbonyl (C=S) groups is 1. The van der Waals surface area contributed by atoms with E-state index >= 15 is 0 Å². The maximum atomic E-state index is 10.8. The molecule has 0 aromatic rings. The highest BCUT2D eigenvalue weighted by atomic mass is 32.1. The van der Waals surface area contributed by atoms with Gasteiger partial charge in [0.05, 0.1) is 6.61 Å². The zero-order chi connectivity index (χ0) is 9.56. The zero-order valence-corrected chi connectivity index (χ0v) is 7.63. The van der Waals surface area contributed by atoms with Crippen molar-refractivity contribution < 1.29 is 19.7 Å². The van der Waals surface area contributed by atoms with Crippen molar-refractivity contribution in [3.05, 3.63) is 0 Å². The van der Waals surface area contributed by atoms with Crippen LogP contribution in [0, 0.1) is 0 Å². The molecule has 4 nitrogen and oxygen atoms in total. The Morgan fingerprint density at radius 1 is 1.67 bits per heavy atom. The first-order valence-corrected chi connectivity index (χ1v) is 4.06. The Bertz CT molecular complexity index is 169. The average molecular weight is 192 g/mol. The van der Waals surface area contributed by atoms with Gasteiger partial charge in [-0.2, -0.15) is 0 Å². The zero-order valence-electron chi connectivity index (χ0n) is 6.82. The summed E-state index contributed by atoms with van der Waals surface area (Å²) < 4.78 is 4.53.